The van der Waals surface area contributed by atoms with Gasteiger partial charge < -0.3 is 15.2 Å². The number of aromatic nitrogens is 2. The van der Waals surface area contributed by atoms with Crippen molar-refractivity contribution in [3.05, 3.63) is 21.0 Å². The summed E-state index contributed by atoms with van der Waals surface area (Å²) >= 11 is 3.22. The first-order chi connectivity index (χ1) is 9.90. The van der Waals surface area contributed by atoms with Crippen LogP contribution in [0, 0.1) is 5.92 Å². The number of hydrogen-bond donors (Lipinski definition) is 2. The minimum atomic E-state index is -0.544. The molecule has 0 bridgehead atoms. The average molecular weight is 362 g/mol. The smallest absolute Gasteiger partial charge is 0.327 e. The SMILES string of the molecule is COC(=O)Cn1ncc(NC(CCO)C(C)C)c(Br)c1=O. The molecule has 1 aromatic rings. The Labute approximate surface area is 131 Å². The molecule has 0 aliphatic heterocycles. The highest BCUT2D eigenvalue weighted by Gasteiger charge is 2.17. The van der Waals surface area contributed by atoms with E-state index in [2.05, 4.69) is 31.1 Å². The normalized spacial score (nSPS) is 12.3. The molecule has 118 valence electrons. The van der Waals surface area contributed by atoms with Gasteiger partial charge in [-0.25, -0.2) is 4.68 Å². The predicted molar refractivity (Wildman–Crippen MR) is 82.2 cm³/mol. The maximum absolute atomic E-state index is 12.1. The molecule has 7 nitrogen and oxygen atoms in total. The van der Waals surface area contributed by atoms with Crippen molar-refractivity contribution in [2.45, 2.75) is 32.9 Å². The number of rotatable bonds is 7. The summed E-state index contributed by atoms with van der Waals surface area (Å²) in [5.74, 6) is -0.265. The third-order valence-corrected chi connectivity index (χ3v) is 3.84. The van der Waals surface area contributed by atoms with Crippen LogP contribution in [0.15, 0.2) is 15.5 Å². The summed E-state index contributed by atoms with van der Waals surface area (Å²) in [5, 5.41) is 16.2. The van der Waals surface area contributed by atoms with E-state index >= 15 is 0 Å². The fraction of sp³-hybridized carbons (Fsp3) is 0.615. The maximum atomic E-state index is 12.1. The molecular weight excluding hydrogens is 342 g/mol. The Hall–Kier alpha value is -1.41. The lowest BCUT2D eigenvalue weighted by Crippen LogP contribution is -2.31. The number of aliphatic hydroxyl groups excluding tert-OH is 1. The van der Waals surface area contributed by atoms with Gasteiger partial charge in [0.1, 0.15) is 11.0 Å². The molecule has 0 aliphatic rings. The summed E-state index contributed by atoms with van der Waals surface area (Å²) in [6.45, 7) is 3.86. The fourth-order valence-electron chi connectivity index (χ4n) is 1.78. The summed E-state index contributed by atoms with van der Waals surface area (Å²) in [7, 11) is 1.25. The lowest BCUT2D eigenvalue weighted by Gasteiger charge is -2.23. The van der Waals surface area contributed by atoms with Crippen LogP contribution in [-0.4, -0.2) is 40.6 Å². The van der Waals surface area contributed by atoms with Gasteiger partial charge in [0.2, 0.25) is 0 Å². The van der Waals surface area contributed by atoms with Crippen molar-refractivity contribution in [3.8, 4) is 0 Å². The molecule has 2 N–H and O–H groups in total. The Balaban J connectivity index is 2.98. The second-order valence-electron chi connectivity index (χ2n) is 4.92. The van der Waals surface area contributed by atoms with Crippen molar-refractivity contribution in [2.24, 2.45) is 5.92 Å². The van der Waals surface area contributed by atoms with Crippen molar-refractivity contribution in [2.75, 3.05) is 19.0 Å². The number of hydrogen-bond acceptors (Lipinski definition) is 6. The highest BCUT2D eigenvalue weighted by Crippen LogP contribution is 2.20. The van der Waals surface area contributed by atoms with Gasteiger partial charge in [0, 0.05) is 12.6 Å². The monoisotopic (exact) mass is 361 g/mol. The van der Waals surface area contributed by atoms with E-state index in [1.54, 1.807) is 0 Å². The maximum Gasteiger partial charge on any atom is 0.327 e. The minimum absolute atomic E-state index is 0.0176. The van der Waals surface area contributed by atoms with Crippen molar-refractivity contribution < 1.29 is 14.6 Å². The summed E-state index contributed by atoms with van der Waals surface area (Å²) < 4.78 is 5.83. The van der Waals surface area contributed by atoms with Crippen LogP contribution in [0.2, 0.25) is 0 Å². The van der Waals surface area contributed by atoms with Crippen molar-refractivity contribution in [1.29, 1.82) is 0 Å². The van der Waals surface area contributed by atoms with Gasteiger partial charge in [0.15, 0.2) is 0 Å². The van der Waals surface area contributed by atoms with E-state index in [4.69, 9.17) is 5.11 Å². The molecule has 0 aliphatic carbocycles. The number of esters is 1. The molecule has 0 aromatic carbocycles. The predicted octanol–water partition coefficient (Wildman–Crippen LogP) is 0.998. The first kappa shape index (κ1) is 17.6. The molecule has 0 spiro atoms. The number of ether oxygens (including phenoxy) is 1. The number of methoxy groups -OCH3 is 1. The van der Waals surface area contributed by atoms with Crippen LogP contribution >= 0.6 is 15.9 Å². The number of halogens is 1. The average Bonchev–Trinajstić information content (AvgIpc) is 2.45. The van der Waals surface area contributed by atoms with Crippen LogP contribution in [0.25, 0.3) is 0 Å². The van der Waals surface area contributed by atoms with Gasteiger partial charge in [-0.1, -0.05) is 13.8 Å². The largest absolute Gasteiger partial charge is 0.468 e. The first-order valence-electron chi connectivity index (χ1n) is 6.60. The molecule has 1 rings (SSSR count). The van der Waals surface area contributed by atoms with Gasteiger partial charge in [-0.2, -0.15) is 5.10 Å². The molecule has 0 radical (unpaired) electrons. The van der Waals surface area contributed by atoms with Crippen molar-refractivity contribution in [1.82, 2.24) is 9.78 Å². The summed E-state index contributed by atoms with van der Waals surface area (Å²) in [4.78, 5) is 23.3. The van der Waals surface area contributed by atoms with Crippen LogP contribution in [0.1, 0.15) is 20.3 Å². The Kier molecular flexibility index (Phi) is 6.83. The number of aliphatic hydroxyl groups is 1. The summed E-state index contributed by atoms with van der Waals surface area (Å²) in [6.07, 6.45) is 2.04. The van der Waals surface area contributed by atoms with Crippen molar-refractivity contribution >= 4 is 27.6 Å². The highest BCUT2D eigenvalue weighted by molar-refractivity contribution is 9.10. The van der Waals surface area contributed by atoms with E-state index in [1.165, 1.54) is 13.3 Å². The molecule has 1 aromatic heterocycles. The minimum Gasteiger partial charge on any atom is -0.468 e. The first-order valence-corrected chi connectivity index (χ1v) is 7.39. The lowest BCUT2D eigenvalue weighted by atomic mass is 10.0. The van der Waals surface area contributed by atoms with Crippen LogP contribution in [0.3, 0.4) is 0 Å². The van der Waals surface area contributed by atoms with Gasteiger partial charge >= 0.3 is 5.97 Å². The van der Waals surface area contributed by atoms with E-state index in [9.17, 15) is 9.59 Å². The molecule has 1 unspecified atom stereocenters. The highest BCUT2D eigenvalue weighted by atomic mass is 79.9. The van der Waals surface area contributed by atoms with E-state index in [1.807, 2.05) is 13.8 Å². The third kappa shape index (κ3) is 4.82. The molecule has 0 amide bonds. The lowest BCUT2D eigenvalue weighted by molar-refractivity contribution is -0.141. The molecule has 1 atom stereocenters. The van der Waals surface area contributed by atoms with Crippen LogP contribution in [-0.2, 0) is 16.1 Å². The van der Waals surface area contributed by atoms with Gasteiger partial charge in [-0.15, -0.1) is 0 Å². The molecule has 0 saturated carbocycles. The fourth-order valence-corrected chi connectivity index (χ4v) is 2.20. The zero-order chi connectivity index (χ0) is 16.0. The molecule has 21 heavy (non-hydrogen) atoms. The zero-order valence-corrected chi connectivity index (χ0v) is 13.9. The zero-order valence-electron chi connectivity index (χ0n) is 12.3. The number of anilines is 1. The van der Waals surface area contributed by atoms with Crippen LogP contribution in [0.4, 0.5) is 5.69 Å². The number of carbonyl (C=O) groups excluding carboxylic acids is 1. The number of nitrogens with one attached hydrogen (secondary N) is 1. The Morgan fingerprint density at radius 3 is 2.76 bits per heavy atom. The molecular formula is C13H20BrN3O4. The summed E-state index contributed by atoms with van der Waals surface area (Å²) in [6, 6.07) is 0.0176. The van der Waals surface area contributed by atoms with E-state index < -0.39 is 11.5 Å². The third-order valence-electron chi connectivity index (χ3n) is 3.08. The number of carbonyl (C=O) groups is 1. The van der Waals surface area contributed by atoms with E-state index in [-0.39, 0.29) is 25.1 Å². The summed E-state index contributed by atoms with van der Waals surface area (Å²) in [5.41, 5.74) is 0.116. The van der Waals surface area contributed by atoms with E-state index in [0.29, 0.717) is 16.6 Å². The van der Waals surface area contributed by atoms with Gasteiger partial charge in [-0.3, -0.25) is 9.59 Å². The Bertz CT molecular complexity index is 545. The second kappa shape index (κ2) is 8.14. The van der Waals surface area contributed by atoms with E-state index in [0.717, 1.165) is 4.68 Å². The van der Waals surface area contributed by atoms with Gasteiger partial charge in [-0.05, 0) is 28.3 Å². The molecule has 0 saturated heterocycles. The van der Waals surface area contributed by atoms with Crippen LogP contribution < -0.4 is 10.9 Å². The number of nitrogens with zero attached hydrogens (tertiary/aromatic N) is 2. The van der Waals surface area contributed by atoms with Crippen molar-refractivity contribution in [3.63, 3.8) is 0 Å². The molecule has 1 heterocycles. The van der Waals surface area contributed by atoms with Crippen LogP contribution in [0.5, 0.6) is 0 Å². The Morgan fingerprint density at radius 2 is 2.24 bits per heavy atom. The van der Waals surface area contributed by atoms with Gasteiger partial charge in [0.25, 0.3) is 5.56 Å². The molecule has 8 heteroatoms. The molecule has 0 fully saturated rings. The topological polar surface area (TPSA) is 93.5 Å². The van der Waals surface area contributed by atoms with Gasteiger partial charge in [0.05, 0.1) is 19.0 Å². The standard InChI is InChI=1S/C13H20BrN3O4/c1-8(2)9(4-5-18)16-10-6-15-17(7-11(19)21-3)13(20)12(10)14/h6,8-9,16,18H,4-5,7H2,1-3H3. The second-order valence-corrected chi connectivity index (χ2v) is 5.71. The Morgan fingerprint density at radius 1 is 1.57 bits per heavy atom. The quantitative estimate of drug-likeness (QED) is 0.703.